The summed E-state index contributed by atoms with van der Waals surface area (Å²) in [4.78, 5) is 45.9. The minimum absolute atomic E-state index is 0.0204. The Balaban J connectivity index is 1.44. The van der Waals surface area contributed by atoms with Gasteiger partial charge in [-0.3, -0.25) is 19.4 Å². The van der Waals surface area contributed by atoms with Crippen LogP contribution >= 0.6 is 0 Å². The zero-order valence-corrected chi connectivity index (χ0v) is 19.0. The third-order valence-corrected chi connectivity index (χ3v) is 6.51. The molecule has 0 bridgehead atoms. The van der Waals surface area contributed by atoms with Gasteiger partial charge in [-0.15, -0.1) is 0 Å². The quantitative estimate of drug-likeness (QED) is 0.698. The Morgan fingerprint density at radius 2 is 1.81 bits per heavy atom. The number of ether oxygens (including phenoxy) is 1. The van der Waals surface area contributed by atoms with Gasteiger partial charge in [0.1, 0.15) is 6.54 Å². The second kappa shape index (κ2) is 9.30. The smallest absolute Gasteiger partial charge is 0.322 e. The number of nitrogens with zero attached hydrogens (tertiary/aromatic N) is 4. The molecule has 9 heteroatoms. The minimum atomic E-state index is -0.508. The van der Waals surface area contributed by atoms with E-state index in [1.54, 1.807) is 19.1 Å². The molecule has 4 amide bonds. The van der Waals surface area contributed by atoms with Crippen LogP contribution in [0.4, 0.5) is 4.79 Å². The SMILES string of the molecule is COCCN1CCN(C(=O)CN2CC3=C(C2=O)[C@H](c2ccc(C)cc2)NC(=O)N3C)CC1. The summed E-state index contributed by atoms with van der Waals surface area (Å²) in [6, 6.07) is 7.04. The van der Waals surface area contributed by atoms with Gasteiger partial charge in [-0.2, -0.15) is 0 Å². The van der Waals surface area contributed by atoms with Gasteiger partial charge in [0.25, 0.3) is 5.91 Å². The Morgan fingerprint density at radius 1 is 1.12 bits per heavy atom. The zero-order valence-electron chi connectivity index (χ0n) is 19.0. The van der Waals surface area contributed by atoms with E-state index >= 15 is 0 Å². The fourth-order valence-electron chi connectivity index (χ4n) is 4.46. The van der Waals surface area contributed by atoms with Crippen LogP contribution < -0.4 is 5.32 Å². The first kappa shape index (κ1) is 22.3. The molecule has 0 unspecified atom stereocenters. The van der Waals surface area contributed by atoms with E-state index in [9.17, 15) is 14.4 Å². The van der Waals surface area contributed by atoms with Crippen LogP contribution in [0.2, 0.25) is 0 Å². The molecule has 1 aromatic rings. The summed E-state index contributed by atoms with van der Waals surface area (Å²) in [6.45, 7) is 6.69. The van der Waals surface area contributed by atoms with Gasteiger partial charge < -0.3 is 19.9 Å². The summed E-state index contributed by atoms with van der Waals surface area (Å²) in [5, 5.41) is 2.93. The summed E-state index contributed by atoms with van der Waals surface area (Å²) < 4.78 is 5.12. The summed E-state index contributed by atoms with van der Waals surface area (Å²) >= 11 is 0. The van der Waals surface area contributed by atoms with E-state index < -0.39 is 6.04 Å². The topological polar surface area (TPSA) is 85.4 Å². The normalized spacial score (nSPS) is 21.8. The highest BCUT2D eigenvalue weighted by Gasteiger charge is 2.43. The Morgan fingerprint density at radius 3 is 2.47 bits per heavy atom. The number of piperazine rings is 1. The largest absolute Gasteiger partial charge is 0.383 e. The second-order valence-corrected chi connectivity index (χ2v) is 8.59. The van der Waals surface area contributed by atoms with Gasteiger partial charge in [0.15, 0.2) is 0 Å². The molecule has 1 N–H and O–H groups in total. The molecule has 1 aromatic carbocycles. The van der Waals surface area contributed by atoms with E-state index in [1.165, 1.54) is 4.90 Å². The van der Waals surface area contributed by atoms with Crippen molar-refractivity contribution in [2.45, 2.75) is 13.0 Å². The predicted molar refractivity (Wildman–Crippen MR) is 119 cm³/mol. The predicted octanol–water partition coefficient (Wildman–Crippen LogP) is 0.578. The van der Waals surface area contributed by atoms with E-state index in [0.717, 1.165) is 30.8 Å². The average Bonchev–Trinajstić information content (AvgIpc) is 3.12. The van der Waals surface area contributed by atoms with Gasteiger partial charge in [0.2, 0.25) is 5.91 Å². The average molecular weight is 442 g/mol. The molecule has 32 heavy (non-hydrogen) atoms. The zero-order chi connectivity index (χ0) is 22.8. The number of benzene rings is 1. The van der Waals surface area contributed by atoms with Gasteiger partial charge in [-0.05, 0) is 12.5 Å². The summed E-state index contributed by atoms with van der Waals surface area (Å²) in [5.41, 5.74) is 3.18. The second-order valence-electron chi connectivity index (χ2n) is 8.59. The number of carbonyl (C=O) groups excluding carboxylic acids is 3. The molecule has 0 saturated carbocycles. The van der Waals surface area contributed by atoms with Crippen molar-refractivity contribution >= 4 is 17.8 Å². The van der Waals surface area contributed by atoms with Crippen LogP contribution in [0.25, 0.3) is 0 Å². The van der Waals surface area contributed by atoms with Crippen molar-refractivity contribution in [2.24, 2.45) is 0 Å². The molecule has 3 heterocycles. The molecule has 3 aliphatic rings. The fraction of sp³-hybridized carbons (Fsp3) is 0.522. The van der Waals surface area contributed by atoms with E-state index in [4.69, 9.17) is 4.74 Å². The molecule has 0 spiro atoms. The maximum Gasteiger partial charge on any atom is 0.322 e. The van der Waals surface area contributed by atoms with E-state index in [-0.39, 0.29) is 30.9 Å². The lowest BCUT2D eigenvalue weighted by Crippen LogP contribution is -2.52. The Hall–Kier alpha value is -2.91. The molecule has 0 aromatic heterocycles. The number of hydrogen-bond acceptors (Lipinski definition) is 5. The third kappa shape index (κ3) is 4.35. The summed E-state index contributed by atoms with van der Waals surface area (Å²) in [7, 11) is 3.35. The van der Waals surface area contributed by atoms with Crippen molar-refractivity contribution in [3.8, 4) is 0 Å². The molecule has 172 valence electrons. The first-order valence-corrected chi connectivity index (χ1v) is 11.0. The first-order valence-electron chi connectivity index (χ1n) is 11.0. The molecule has 1 fully saturated rings. The number of likely N-dealkylation sites (N-methyl/N-ethyl adjacent to an activating group) is 1. The summed E-state index contributed by atoms with van der Waals surface area (Å²) in [6.07, 6.45) is 0. The number of aryl methyl sites for hydroxylation is 1. The first-order chi connectivity index (χ1) is 15.4. The van der Waals surface area contributed by atoms with E-state index in [0.29, 0.717) is 31.0 Å². The molecule has 0 aliphatic carbocycles. The van der Waals surface area contributed by atoms with Crippen molar-refractivity contribution in [1.82, 2.24) is 24.9 Å². The molecule has 0 radical (unpaired) electrons. The van der Waals surface area contributed by atoms with Crippen molar-refractivity contribution in [2.75, 3.05) is 66.6 Å². The van der Waals surface area contributed by atoms with Crippen molar-refractivity contribution in [3.05, 3.63) is 46.7 Å². The van der Waals surface area contributed by atoms with E-state index in [1.807, 2.05) is 36.1 Å². The van der Waals surface area contributed by atoms with E-state index in [2.05, 4.69) is 10.2 Å². The molecule has 3 aliphatic heterocycles. The van der Waals surface area contributed by atoms with Crippen molar-refractivity contribution < 1.29 is 19.1 Å². The van der Waals surface area contributed by atoms with Crippen LogP contribution in [0.3, 0.4) is 0 Å². The number of urea groups is 1. The minimum Gasteiger partial charge on any atom is -0.383 e. The highest BCUT2D eigenvalue weighted by molar-refractivity contribution is 6.02. The van der Waals surface area contributed by atoms with Crippen molar-refractivity contribution in [1.29, 1.82) is 0 Å². The van der Waals surface area contributed by atoms with Crippen LogP contribution in [0.5, 0.6) is 0 Å². The van der Waals surface area contributed by atoms with Crippen molar-refractivity contribution in [3.63, 3.8) is 0 Å². The van der Waals surface area contributed by atoms with Gasteiger partial charge in [0.05, 0.1) is 30.5 Å². The molecule has 1 atom stereocenters. The number of rotatable bonds is 6. The molecule has 9 nitrogen and oxygen atoms in total. The standard InChI is InChI=1S/C23H31N5O4/c1-16-4-6-17(7-5-16)21-20-18(25(2)23(31)24-21)14-28(22(20)30)15-19(29)27-10-8-26(9-11-27)12-13-32-3/h4-7,21H,8-15H2,1-3H3,(H,24,31)/t21-/m0/s1. The number of hydrogen-bond donors (Lipinski definition) is 1. The lowest BCUT2D eigenvalue weighted by molar-refractivity contribution is -0.139. The number of methoxy groups -OCH3 is 1. The lowest BCUT2D eigenvalue weighted by Gasteiger charge is -2.35. The van der Waals surface area contributed by atoms with Crippen LogP contribution in [-0.2, 0) is 14.3 Å². The van der Waals surface area contributed by atoms with Crippen LogP contribution in [0.15, 0.2) is 35.5 Å². The maximum absolute atomic E-state index is 13.3. The Bertz CT molecular complexity index is 921. The number of amides is 4. The van der Waals surface area contributed by atoms with Crippen LogP contribution in [0, 0.1) is 6.92 Å². The molecular formula is C23H31N5O4. The fourth-order valence-corrected chi connectivity index (χ4v) is 4.46. The molecular weight excluding hydrogens is 410 g/mol. The van der Waals surface area contributed by atoms with Gasteiger partial charge >= 0.3 is 6.03 Å². The summed E-state index contributed by atoms with van der Waals surface area (Å²) in [5.74, 6) is -0.247. The monoisotopic (exact) mass is 441 g/mol. The van der Waals surface area contributed by atoms with Crippen LogP contribution in [0.1, 0.15) is 17.2 Å². The number of nitrogens with one attached hydrogen (secondary N) is 1. The third-order valence-electron chi connectivity index (χ3n) is 6.51. The van der Waals surface area contributed by atoms with Crippen LogP contribution in [-0.4, -0.2) is 104 Å². The number of carbonyl (C=O) groups is 3. The Labute approximate surface area is 188 Å². The molecule has 1 saturated heterocycles. The molecule has 4 rings (SSSR count). The van der Waals surface area contributed by atoms with Gasteiger partial charge in [0, 0.05) is 46.9 Å². The van der Waals surface area contributed by atoms with Gasteiger partial charge in [-0.25, -0.2) is 4.79 Å². The Kier molecular flexibility index (Phi) is 6.48. The highest BCUT2D eigenvalue weighted by atomic mass is 16.5. The maximum atomic E-state index is 13.3. The lowest BCUT2D eigenvalue weighted by atomic mass is 9.95. The highest BCUT2D eigenvalue weighted by Crippen LogP contribution is 2.35. The van der Waals surface area contributed by atoms with Gasteiger partial charge in [-0.1, -0.05) is 29.8 Å².